The molecule has 21 heavy (non-hydrogen) atoms. The average molecular weight is 397 g/mol. The van der Waals surface area contributed by atoms with E-state index in [9.17, 15) is 0 Å². The molecule has 0 unspecified atom stereocenters. The van der Waals surface area contributed by atoms with Crippen molar-refractivity contribution in [3.63, 3.8) is 0 Å². The molecule has 0 aromatic carbocycles. The van der Waals surface area contributed by atoms with Crippen LogP contribution >= 0.6 is 32.4 Å². The number of hydrogen-bond acceptors (Lipinski definition) is 3. The van der Waals surface area contributed by atoms with Crippen LogP contribution in [0.2, 0.25) is 0 Å². The Morgan fingerprint density at radius 1 is 1.38 bits per heavy atom. The number of piperidine rings is 1. The van der Waals surface area contributed by atoms with Gasteiger partial charge in [-0.2, -0.15) is 5.10 Å². The van der Waals surface area contributed by atoms with Gasteiger partial charge in [0.1, 0.15) is 0 Å². The summed E-state index contributed by atoms with van der Waals surface area (Å²) in [5, 5.41) is 4.84. The van der Waals surface area contributed by atoms with E-state index >= 15 is 0 Å². The molecule has 0 radical (unpaired) electrons. The molecule has 0 bridgehead atoms. The van der Waals surface area contributed by atoms with Gasteiger partial charge in [-0.15, -0.1) is 0 Å². The maximum absolute atomic E-state index is 5.30. The minimum atomic E-state index is 0.707. The predicted molar refractivity (Wildman–Crippen MR) is 89.4 cm³/mol. The standard InChI is InChI=1S/C13H18N4S.2ClH.Cu/c1-11-6-5-7-12(15-11)10-14-16-13(18)17-8-3-2-4-9-17;;;/h5-7,10H,2-4,8-9H2,1H3,(H,16,18);2*1H;/q;;;+2/p-2. The molecule has 2 heterocycles. The molecule has 0 atom stereocenters. The van der Waals surface area contributed by atoms with Gasteiger partial charge >= 0.3 is 33.3 Å². The molecule has 1 saturated heterocycles. The molecular weight excluding hydrogens is 379 g/mol. The van der Waals surface area contributed by atoms with Crippen LogP contribution in [-0.4, -0.2) is 34.3 Å². The first kappa shape index (κ1) is 18.7. The normalized spacial score (nSPS) is 14.7. The molecule has 0 aliphatic carbocycles. The van der Waals surface area contributed by atoms with E-state index in [-0.39, 0.29) is 0 Å². The summed E-state index contributed by atoms with van der Waals surface area (Å²) >= 11 is 6.05. The molecule has 0 amide bonds. The zero-order chi connectivity index (χ0) is 15.5. The van der Waals surface area contributed by atoms with Crippen molar-refractivity contribution in [2.75, 3.05) is 13.1 Å². The van der Waals surface area contributed by atoms with E-state index in [0.29, 0.717) is 5.11 Å². The van der Waals surface area contributed by atoms with Crippen molar-refractivity contribution in [2.24, 2.45) is 5.10 Å². The van der Waals surface area contributed by atoms with Crippen LogP contribution in [0.15, 0.2) is 23.3 Å². The number of nitrogens with one attached hydrogen (secondary N) is 1. The van der Waals surface area contributed by atoms with Gasteiger partial charge in [-0.1, -0.05) is 6.07 Å². The van der Waals surface area contributed by atoms with Crippen molar-refractivity contribution >= 4 is 43.7 Å². The number of rotatable bonds is 2. The second kappa shape index (κ2) is 11.2. The summed E-state index contributed by atoms with van der Waals surface area (Å²) < 4.78 is 0. The van der Waals surface area contributed by atoms with Crippen molar-refractivity contribution in [3.05, 3.63) is 29.6 Å². The molecule has 1 N–H and O–H groups in total. The molecule has 8 heteroatoms. The van der Waals surface area contributed by atoms with Crippen LogP contribution in [0, 0.1) is 6.92 Å². The summed E-state index contributed by atoms with van der Waals surface area (Å²) in [6, 6.07) is 5.85. The fourth-order valence-electron chi connectivity index (χ4n) is 1.96. The van der Waals surface area contributed by atoms with Crippen LogP contribution < -0.4 is 5.43 Å². The third kappa shape index (κ3) is 7.98. The van der Waals surface area contributed by atoms with Gasteiger partial charge in [0.2, 0.25) is 0 Å². The van der Waals surface area contributed by atoms with Gasteiger partial charge in [-0.05, 0) is 50.5 Å². The average Bonchev–Trinajstić information content (AvgIpc) is 2.49. The number of halogens is 2. The van der Waals surface area contributed by atoms with Crippen LogP contribution in [-0.2, 0) is 13.1 Å². The molecular formula is C13H18Cl2CuN4S. The number of hydrazone groups is 1. The Kier molecular flexibility index (Phi) is 9.96. The van der Waals surface area contributed by atoms with Crippen LogP contribution in [0.25, 0.3) is 0 Å². The molecule has 1 aromatic heterocycles. The van der Waals surface area contributed by atoms with Gasteiger partial charge in [-0.3, -0.25) is 10.4 Å². The Morgan fingerprint density at radius 2 is 2.05 bits per heavy atom. The molecule has 4 nitrogen and oxygen atoms in total. The Hall–Kier alpha value is -0.391. The monoisotopic (exact) mass is 395 g/mol. The molecule has 2 rings (SSSR count). The zero-order valence-electron chi connectivity index (χ0n) is 11.7. The third-order valence-electron chi connectivity index (χ3n) is 2.91. The van der Waals surface area contributed by atoms with Gasteiger partial charge in [-0.25, -0.2) is 0 Å². The first-order valence-electron chi connectivity index (χ1n) is 6.50. The maximum atomic E-state index is 5.30. The summed E-state index contributed by atoms with van der Waals surface area (Å²) in [6.07, 6.45) is 5.43. The number of hydrogen-bond donors (Lipinski definition) is 1. The minimum absolute atomic E-state index is 0.707. The van der Waals surface area contributed by atoms with E-state index in [1.807, 2.05) is 25.1 Å². The molecule has 1 aliphatic heterocycles. The third-order valence-corrected chi connectivity index (χ3v) is 3.26. The van der Waals surface area contributed by atoms with Gasteiger partial charge in [0.05, 0.1) is 11.9 Å². The SMILES string of the molecule is Cc1cccc(C=NNC(=S)N2CCCCC2)n1.[Cl][Cu][Cl]. The molecule has 0 saturated carbocycles. The first-order chi connectivity index (χ1) is 10.2. The fraction of sp³-hybridized carbons (Fsp3) is 0.462. The van der Waals surface area contributed by atoms with Crippen molar-refractivity contribution in [1.29, 1.82) is 0 Å². The van der Waals surface area contributed by atoms with E-state index in [1.54, 1.807) is 6.21 Å². The summed E-state index contributed by atoms with van der Waals surface area (Å²) in [7, 11) is 9.34. The topological polar surface area (TPSA) is 40.5 Å². The Labute approximate surface area is 145 Å². The second-order valence-corrected chi connectivity index (χ2v) is 6.41. The van der Waals surface area contributed by atoms with E-state index in [1.165, 1.54) is 19.3 Å². The van der Waals surface area contributed by atoms with Crippen LogP contribution in [0.5, 0.6) is 0 Å². The van der Waals surface area contributed by atoms with E-state index in [2.05, 4.69) is 40.6 Å². The molecule has 1 aliphatic rings. The Bertz CT molecular complexity index is 467. The summed E-state index contributed by atoms with van der Waals surface area (Å²) in [5.74, 6) is 0. The van der Waals surface area contributed by atoms with Crippen molar-refractivity contribution in [2.45, 2.75) is 26.2 Å². The predicted octanol–water partition coefficient (Wildman–Crippen LogP) is 3.46. The van der Waals surface area contributed by atoms with Gasteiger partial charge in [0.15, 0.2) is 5.11 Å². The van der Waals surface area contributed by atoms with Crippen LogP contribution in [0.3, 0.4) is 0 Å². The van der Waals surface area contributed by atoms with Gasteiger partial charge in [0.25, 0.3) is 0 Å². The number of aryl methyl sites for hydroxylation is 1. The van der Waals surface area contributed by atoms with Crippen molar-refractivity contribution in [1.82, 2.24) is 15.3 Å². The zero-order valence-corrected chi connectivity index (χ0v) is 14.9. The molecule has 0 spiro atoms. The quantitative estimate of drug-likeness (QED) is 0.360. The summed E-state index contributed by atoms with van der Waals surface area (Å²) in [4.78, 5) is 6.50. The Morgan fingerprint density at radius 3 is 2.67 bits per heavy atom. The number of pyridine rings is 1. The van der Waals surface area contributed by atoms with Crippen molar-refractivity contribution < 1.29 is 13.1 Å². The summed E-state index contributed by atoms with van der Waals surface area (Å²) in [5.41, 5.74) is 4.73. The van der Waals surface area contributed by atoms with Gasteiger partial charge in [0, 0.05) is 18.8 Å². The number of aromatic nitrogens is 1. The van der Waals surface area contributed by atoms with Crippen LogP contribution in [0.4, 0.5) is 0 Å². The number of likely N-dealkylation sites (tertiary alicyclic amines) is 1. The Balaban J connectivity index is 0.000000677. The van der Waals surface area contributed by atoms with E-state index in [0.717, 1.165) is 37.6 Å². The molecule has 121 valence electrons. The summed E-state index contributed by atoms with van der Waals surface area (Å²) in [6.45, 7) is 4.03. The first-order valence-corrected chi connectivity index (χ1v) is 9.50. The van der Waals surface area contributed by atoms with E-state index < -0.39 is 0 Å². The fourth-order valence-corrected chi connectivity index (χ4v) is 2.19. The van der Waals surface area contributed by atoms with Crippen LogP contribution in [0.1, 0.15) is 30.7 Å². The number of nitrogens with zero attached hydrogens (tertiary/aromatic N) is 3. The molecule has 1 aromatic rings. The van der Waals surface area contributed by atoms with Crippen molar-refractivity contribution in [3.8, 4) is 0 Å². The number of thiocarbonyl (C=S) groups is 1. The second-order valence-electron chi connectivity index (χ2n) is 4.47. The molecule has 1 fully saturated rings. The van der Waals surface area contributed by atoms with Gasteiger partial charge < -0.3 is 4.90 Å². The van der Waals surface area contributed by atoms with E-state index in [4.69, 9.17) is 12.2 Å².